The molecule has 0 N–H and O–H groups in total. The van der Waals surface area contributed by atoms with Gasteiger partial charge in [0.1, 0.15) is 0 Å². The molecule has 42 valence electrons. The minimum atomic E-state index is -0.234. The van der Waals surface area contributed by atoms with Gasteiger partial charge in [0.15, 0.2) is 0 Å². The van der Waals surface area contributed by atoms with Gasteiger partial charge in [0.05, 0.1) is 0 Å². The van der Waals surface area contributed by atoms with E-state index in [1.165, 1.54) is 0 Å². The number of hydrogen-bond donors (Lipinski definition) is 0. The molecule has 0 spiro atoms. The molecule has 2 heteroatoms. The summed E-state index contributed by atoms with van der Waals surface area (Å²) in [5, 5.41) is -0.234. The summed E-state index contributed by atoms with van der Waals surface area (Å²) in [6.07, 6.45) is 0.836. The largest absolute Gasteiger partial charge is 0.281 e. The van der Waals surface area contributed by atoms with Crippen LogP contribution in [-0.4, -0.2) is 5.24 Å². The zero-order valence-electron chi connectivity index (χ0n) is 4.57. The summed E-state index contributed by atoms with van der Waals surface area (Å²) in [6.45, 7) is 3.75. The van der Waals surface area contributed by atoms with E-state index >= 15 is 0 Å². The van der Waals surface area contributed by atoms with E-state index in [-0.39, 0.29) is 11.2 Å². The second-order valence-corrected chi connectivity index (χ2v) is 1.99. The Balaban J connectivity index is 3.34. The molecule has 0 aliphatic rings. The lowest BCUT2D eigenvalue weighted by Crippen LogP contribution is -1.99. The van der Waals surface area contributed by atoms with Crippen LogP contribution in [0.25, 0.3) is 0 Å². The summed E-state index contributed by atoms with van der Waals surface area (Å²) in [5.41, 5.74) is 0. The Labute approximate surface area is 48.7 Å². The van der Waals surface area contributed by atoms with Gasteiger partial charge in [-0.25, -0.2) is 0 Å². The highest BCUT2D eigenvalue weighted by atomic mass is 35.5. The molecule has 1 atom stereocenters. The van der Waals surface area contributed by atoms with Crippen molar-refractivity contribution in [1.29, 1.82) is 0 Å². The zero-order valence-corrected chi connectivity index (χ0v) is 5.33. The van der Waals surface area contributed by atoms with Crippen LogP contribution in [-0.2, 0) is 4.79 Å². The van der Waals surface area contributed by atoms with Gasteiger partial charge in [-0.3, -0.25) is 4.79 Å². The van der Waals surface area contributed by atoms with Crippen LogP contribution < -0.4 is 0 Å². The van der Waals surface area contributed by atoms with Crippen molar-refractivity contribution in [3.8, 4) is 0 Å². The minimum Gasteiger partial charge on any atom is -0.281 e. The van der Waals surface area contributed by atoms with Crippen LogP contribution in [0.3, 0.4) is 0 Å². The van der Waals surface area contributed by atoms with Crippen LogP contribution in [0.15, 0.2) is 0 Å². The van der Waals surface area contributed by atoms with Crippen molar-refractivity contribution in [2.24, 2.45) is 5.92 Å². The monoisotopic (exact) mass is 120 g/mol. The second-order valence-electron chi connectivity index (χ2n) is 1.61. The molecule has 0 radical (unpaired) electrons. The van der Waals surface area contributed by atoms with E-state index in [0.717, 1.165) is 6.42 Å². The summed E-state index contributed by atoms with van der Waals surface area (Å²) >= 11 is 5.09. The molecule has 0 rings (SSSR count). The minimum absolute atomic E-state index is 0.0293. The number of carbonyl (C=O) groups excluding carboxylic acids is 1. The van der Waals surface area contributed by atoms with Gasteiger partial charge in [-0.05, 0) is 18.0 Å². The molecule has 0 aromatic rings. The van der Waals surface area contributed by atoms with E-state index in [0.29, 0.717) is 0 Å². The summed E-state index contributed by atoms with van der Waals surface area (Å²) < 4.78 is 0. The van der Waals surface area contributed by atoms with Gasteiger partial charge >= 0.3 is 0 Å². The van der Waals surface area contributed by atoms with E-state index in [1.54, 1.807) is 0 Å². The van der Waals surface area contributed by atoms with E-state index < -0.39 is 0 Å². The van der Waals surface area contributed by atoms with E-state index in [4.69, 9.17) is 11.6 Å². The molecule has 0 amide bonds. The molecule has 0 saturated heterocycles. The van der Waals surface area contributed by atoms with Crippen LogP contribution in [0.5, 0.6) is 0 Å². The third-order valence-electron chi connectivity index (χ3n) is 1.000. The Hall–Kier alpha value is -0.0400. The Morgan fingerprint density at radius 1 is 1.86 bits per heavy atom. The number of hydrogen-bond acceptors (Lipinski definition) is 1. The first-order chi connectivity index (χ1) is 3.18. The Kier molecular flexibility index (Phi) is 3.01. The molecule has 1 nitrogen and oxygen atoms in total. The molecule has 0 unspecified atom stereocenters. The van der Waals surface area contributed by atoms with Gasteiger partial charge in [0, 0.05) is 5.92 Å². The molecule has 0 aromatic carbocycles. The standard InChI is InChI=1S/C5H9ClO/c1-3-4(2)5(6)7/h4H,3H2,1-2H3/t4-/m0/s1. The lowest BCUT2D eigenvalue weighted by molar-refractivity contribution is -0.114. The van der Waals surface area contributed by atoms with Crippen LogP contribution in [0, 0.1) is 5.92 Å². The van der Waals surface area contributed by atoms with E-state index in [1.807, 2.05) is 13.8 Å². The van der Waals surface area contributed by atoms with Gasteiger partial charge < -0.3 is 0 Å². The number of rotatable bonds is 2. The van der Waals surface area contributed by atoms with Crippen LogP contribution >= 0.6 is 11.6 Å². The molecule has 0 fully saturated rings. The van der Waals surface area contributed by atoms with Crippen LogP contribution in [0.2, 0.25) is 0 Å². The van der Waals surface area contributed by atoms with Gasteiger partial charge in [-0.15, -0.1) is 0 Å². The maximum absolute atomic E-state index is 10.1. The maximum Gasteiger partial charge on any atom is 0.224 e. The molecule has 0 bridgehead atoms. The lowest BCUT2D eigenvalue weighted by Gasteiger charge is -1.95. The lowest BCUT2D eigenvalue weighted by atomic mass is 10.1. The molecule has 0 aromatic heterocycles. The predicted molar refractivity (Wildman–Crippen MR) is 30.3 cm³/mol. The highest BCUT2D eigenvalue weighted by molar-refractivity contribution is 6.63. The third-order valence-corrected chi connectivity index (χ3v) is 1.37. The second kappa shape index (κ2) is 3.03. The molecular weight excluding hydrogens is 112 g/mol. The van der Waals surface area contributed by atoms with Crippen molar-refractivity contribution in [3.63, 3.8) is 0 Å². The Morgan fingerprint density at radius 2 is 2.29 bits per heavy atom. The van der Waals surface area contributed by atoms with Crippen LogP contribution in [0.4, 0.5) is 0 Å². The normalized spacial score (nSPS) is 13.6. The SMILES string of the molecule is CC[C@H](C)C(=O)Cl. The summed E-state index contributed by atoms with van der Waals surface area (Å²) in [6, 6.07) is 0. The van der Waals surface area contributed by atoms with Crippen molar-refractivity contribution in [2.45, 2.75) is 20.3 Å². The van der Waals surface area contributed by atoms with Gasteiger partial charge in [0.25, 0.3) is 0 Å². The average Bonchev–Trinajstić information content (AvgIpc) is 1.65. The molecule has 7 heavy (non-hydrogen) atoms. The Bertz CT molecular complexity index is 70.5. The van der Waals surface area contributed by atoms with Gasteiger partial charge in [-0.2, -0.15) is 0 Å². The summed E-state index contributed by atoms with van der Waals surface area (Å²) in [7, 11) is 0. The topological polar surface area (TPSA) is 17.1 Å². The van der Waals surface area contributed by atoms with Crippen molar-refractivity contribution < 1.29 is 4.79 Å². The summed E-state index contributed by atoms with van der Waals surface area (Å²) in [5.74, 6) is 0.0293. The Morgan fingerprint density at radius 3 is 2.29 bits per heavy atom. The average molecular weight is 121 g/mol. The first kappa shape index (κ1) is 6.96. The van der Waals surface area contributed by atoms with Crippen molar-refractivity contribution in [2.75, 3.05) is 0 Å². The van der Waals surface area contributed by atoms with E-state index in [2.05, 4.69) is 0 Å². The molecule has 0 aliphatic heterocycles. The quantitative estimate of drug-likeness (QED) is 0.508. The fraction of sp³-hybridized carbons (Fsp3) is 0.800. The third kappa shape index (κ3) is 2.63. The molecular formula is C5H9ClO. The first-order valence-corrected chi connectivity index (χ1v) is 2.75. The number of halogens is 1. The zero-order chi connectivity index (χ0) is 5.86. The fourth-order valence-corrected chi connectivity index (χ4v) is 0.315. The highest BCUT2D eigenvalue weighted by Gasteiger charge is 2.04. The highest BCUT2D eigenvalue weighted by Crippen LogP contribution is 2.03. The van der Waals surface area contributed by atoms with Gasteiger partial charge in [-0.1, -0.05) is 13.8 Å². The smallest absolute Gasteiger partial charge is 0.224 e. The molecule has 0 heterocycles. The molecule has 0 saturated carbocycles. The van der Waals surface area contributed by atoms with E-state index in [9.17, 15) is 4.79 Å². The molecule has 0 aliphatic carbocycles. The number of carbonyl (C=O) groups is 1. The predicted octanol–water partition coefficient (Wildman–Crippen LogP) is 1.80. The van der Waals surface area contributed by atoms with Crippen molar-refractivity contribution >= 4 is 16.8 Å². The van der Waals surface area contributed by atoms with Crippen molar-refractivity contribution in [1.82, 2.24) is 0 Å². The first-order valence-electron chi connectivity index (χ1n) is 2.37. The van der Waals surface area contributed by atoms with Crippen LogP contribution in [0.1, 0.15) is 20.3 Å². The van der Waals surface area contributed by atoms with Gasteiger partial charge in [0.2, 0.25) is 5.24 Å². The fourth-order valence-electron chi connectivity index (χ4n) is 0.160. The maximum atomic E-state index is 10.1. The summed E-state index contributed by atoms with van der Waals surface area (Å²) in [4.78, 5) is 10.1. The van der Waals surface area contributed by atoms with Crippen molar-refractivity contribution in [3.05, 3.63) is 0 Å².